The van der Waals surface area contributed by atoms with E-state index in [1.165, 1.54) is 18.4 Å². The van der Waals surface area contributed by atoms with Crippen LogP contribution in [0.1, 0.15) is 52.0 Å². The summed E-state index contributed by atoms with van der Waals surface area (Å²) in [6, 6.07) is 8.95. The molecule has 1 saturated carbocycles. The predicted octanol–water partition coefficient (Wildman–Crippen LogP) is 3.23. The SMILES string of the molecule is CC(C)(C)c1ccccc1N1CCCC(NC2CC2)C1=O. The van der Waals surface area contributed by atoms with Crippen LogP contribution in [-0.4, -0.2) is 24.5 Å². The van der Waals surface area contributed by atoms with Gasteiger partial charge in [0.1, 0.15) is 0 Å². The molecule has 1 aliphatic carbocycles. The van der Waals surface area contributed by atoms with Gasteiger partial charge in [-0.1, -0.05) is 39.0 Å². The number of anilines is 1. The van der Waals surface area contributed by atoms with E-state index in [2.05, 4.69) is 44.3 Å². The fourth-order valence-electron chi connectivity index (χ4n) is 3.15. The zero-order chi connectivity index (χ0) is 15.0. The number of piperidine rings is 1. The van der Waals surface area contributed by atoms with E-state index in [1.54, 1.807) is 0 Å². The van der Waals surface area contributed by atoms with E-state index < -0.39 is 0 Å². The van der Waals surface area contributed by atoms with Crippen molar-refractivity contribution in [1.29, 1.82) is 0 Å². The normalized spacial score (nSPS) is 23.5. The molecular formula is C18H26N2O. The summed E-state index contributed by atoms with van der Waals surface area (Å²) in [6.07, 6.45) is 4.50. The molecule has 1 heterocycles. The fourth-order valence-corrected chi connectivity index (χ4v) is 3.15. The van der Waals surface area contributed by atoms with Crippen LogP contribution in [0.15, 0.2) is 24.3 Å². The van der Waals surface area contributed by atoms with Crippen molar-refractivity contribution in [3.8, 4) is 0 Å². The van der Waals surface area contributed by atoms with Gasteiger partial charge < -0.3 is 10.2 Å². The first-order chi connectivity index (χ1) is 9.97. The maximum absolute atomic E-state index is 12.8. The van der Waals surface area contributed by atoms with Crippen LogP contribution >= 0.6 is 0 Å². The molecule has 1 amide bonds. The number of benzene rings is 1. The number of hydrogen-bond acceptors (Lipinski definition) is 2. The highest BCUT2D eigenvalue weighted by atomic mass is 16.2. The number of rotatable bonds is 3. The van der Waals surface area contributed by atoms with Gasteiger partial charge in [-0.15, -0.1) is 0 Å². The number of hydrogen-bond donors (Lipinski definition) is 1. The number of nitrogens with zero attached hydrogens (tertiary/aromatic N) is 1. The molecule has 3 heteroatoms. The number of nitrogens with one attached hydrogen (secondary N) is 1. The Kier molecular flexibility index (Phi) is 3.78. The zero-order valence-corrected chi connectivity index (χ0v) is 13.4. The molecule has 2 aliphatic rings. The van der Waals surface area contributed by atoms with Crippen molar-refractivity contribution in [1.82, 2.24) is 5.32 Å². The maximum Gasteiger partial charge on any atom is 0.244 e. The average Bonchev–Trinajstić information content (AvgIpc) is 3.24. The summed E-state index contributed by atoms with van der Waals surface area (Å²) in [4.78, 5) is 14.8. The van der Waals surface area contributed by atoms with E-state index in [1.807, 2.05) is 11.0 Å². The topological polar surface area (TPSA) is 32.3 Å². The van der Waals surface area contributed by atoms with Crippen LogP contribution in [-0.2, 0) is 10.2 Å². The lowest BCUT2D eigenvalue weighted by atomic mass is 9.85. The average molecular weight is 286 g/mol. The van der Waals surface area contributed by atoms with E-state index in [9.17, 15) is 4.79 Å². The minimum atomic E-state index is 0.0132. The van der Waals surface area contributed by atoms with Crippen LogP contribution in [0.5, 0.6) is 0 Å². The molecule has 1 aliphatic heterocycles. The van der Waals surface area contributed by atoms with Gasteiger partial charge in [-0.3, -0.25) is 4.79 Å². The van der Waals surface area contributed by atoms with Crippen molar-refractivity contribution in [3.05, 3.63) is 29.8 Å². The summed E-state index contributed by atoms with van der Waals surface area (Å²) in [5.74, 6) is 0.254. The molecule has 1 aromatic rings. The van der Waals surface area contributed by atoms with Gasteiger partial charge in [0, 0.05) is 18.3 Å². The molecule has 0 aromatic heterocycles. The van der Waals surface area contributed by atoms with Gasteiger partial charge >= 0.3 is 0 Å². The number of para-hydroxylation sites is 1. The van der Waals surface area contributed by atoms with E-state index in [0.29, 0.717) is 6.04 Å². The number of carbonyl (C=O) groups is 1. The Morgan fingerprint density at radius 1 is 1.14 bits per heavy atom. The summed E-state index contributed by atoms with van der Waals surface area (Å²) < 4.78 is 0. The fraction of sp³-hybridized carbons (Fsp3) is 0.611. The summed E-state index contributed by atoms with van der Waals surface area (Å²) in [5.41, 5.74) is 2.40. The molecule has 0 spiro atoms. The van der Waals surface area contributed by atoms with Crippen molar-refractivity contribution in [3.63, 3.8) is 0 Å². The van der Waals surface area contributed by atoms with Crippen molar-refractivity contribution in [2.75, 3.05) is 11.4 Å². The summed E-state index contributed by atoms with van der Waals surface area (Å²) in [5, 5.41) is 3.51. The first-order valence-electron chi connectivity index (χ1n) is 8.14. The van der Waals surface area contributed by atoms with E-state index in [4.69, 9.17) is 0 Å². The highest BCUT2D eigenvalue weighted by Crippen LogP contribution is 2.34. The van der Waals surface area contributed by atoms with E-state index >= 15 is 0 Å². The Labute approximate surface area is 127 Å². The molecule has 21 heavy (non-hydrogen) atoms. The smallest absolute Gasteiger partial charge is 0.244 e. The monoisotopic (exact) mass is 286 g/mol. The largest absolute Gasteiger partial charge is 0.311 e. The molecule has 1 unspecified atom stereocenters. The van der Waals surface area contributed by atoms with E-state index in [-0.39, 0.29) is 17.4 Å². The molecular weight excluding hydrogens is 260 g/mol. The molecule has 0 bridgehead atoms. The lowest BCUT2D eigenvalue weighted by Crippen LogP contribution is -2.52. The van der Waals surface area contributed by atoms with Crippen LogP contribution in [0.2, 0.25) is 0 Å². The molecule has 114 valence electrons. The maximum atomic E-state index is 12.8. The van der Waals surface area contributed by atoms with Gasteiger partial charge in [0.2, 0.25) is 5.91 Å². The van der Waals surface area contributed by atoms with Gasteiger partial charge in [0.05, 0.1) is 6.04 Å². The second kappa shape index (κ2) is 5.45. The summed E-state index contributed by atoms with van der Waals surface area (Å²) in [6.45, 7) is 7.47. The molecule has 1 aromatic carbocycles. The minimum Gasteiger partial charge on any atom is -0.311 e. The zero-order valence-electron chi connectivity index (χ0n) is 13.4. The lowest BCUT2D eigenvalue weighted by molar-refractivity contribution is -0.121. The predicted molar refractivity (Wildman–Crippen MR) is 86.7 cm³/mol. The highest BCUT2D eigenvalue weighted by Gasteiger charge is 2.35. The summed E-state index contributed by atoms with van der Waals surface area (Å²) >= 11 is 0. The first kappa shape index (κ1) is 14.6. The third-order valence-corrected chi connectivity index (χ3v) is 4.46. The standard InChI is InChI=1S/C18H26N2O/c1-18(2,3)14-7-4-5-9-16(14)20-12-6-8-15(17(20)21)19-13-10-11-13/h4-5,7,9,13,15,19H,6,8,10-12H2,1-3H3. The molecule has 0 radical (unpaired) electrons. The quantitative estimate of drug-likeness (QED) is 0.925. The molecule has 1 saturated heterocycles. The van der Waals surface area contributed by atoms with Crippen LogP contribution in [0.4, 0.5) is 5.69 Å². The van der Waals surface area contributed by atoms with E-state index in [0.717, 1.165) is 25.1 Å². The third kappa shape index (κ3) is 3.13. The highest BCUT2D eigenvalue weighted by molar-refractivity contribution is 5.98. The van der Waals surface area contributed by atoms with Crippen LogP contribution in [0.25, 0.3) is 0 Å². The van der Waals surface area contributed by atoms with Gasteiger partial charge in [0.15, 0.2) is 0 Å². The Bertz CT molecular complexity index is 528. The Morgan fingerprint density at radius 2 is 1.86 bits per heavy atom. The van der Waals surface area contributed by atoms with Crippen molar-refractivity contribution < 1.29 is 4.79 Å². The molecule has 1 atom stereocenters. The second-order valence-electron chi connectivity index (χ2n) is 7.39. The van der Waals surface area contributed by atoms with Gasteiger partial charge in [0.25, 0.3) is 0 Å². The number of carbonyl (C=O) groups excluding carboxylic acids is 1. The van der Waals surface area contributed by atoms with Crippen LogP contribution in [0, 0.1) is 0 Å². The van der Waals surface area contributed by atoms with Crippen molar-refractivity contribution in [2.24, 2.45) is 0 Å². The second-order valence-corrected chi connectivity index (χ2v) is 7.39. The first-order valence-corrected chi connectivity index (χ1v) is 8.14. The van der Waals surface area contributed by atoms with Crippen LogP contribution < -0.4 is 10.2 Å². The van der Waals surface area contributed by atoms with Crippen LogP contribution in [0.3, 0.4) is 0 Å². The van der Waals surface area contributed by atoms with Gasteiger partial charge in [-0.05, 0) is 42.7 Å². The van der Waals surface area contributed by atoms with Gasteiger partial charge in [-0.2, -0.15) is 0 Å². The Hall–Kier alpha value is -1.35. The molecule has 2 fully saturated rings. The molecule has 3 nitrogen and oxygen atoms in total. The Morgan fingerprint density at radius 3 is 2.52 bits per heavy atom. The van der Waals surface area contributed by atoms with Gasteiger partial charge in [-0.25, -0.2) is 0 Å². The number of amides is 1. The third-order valence-electron chi connectivity index (χ3n) is 4.46. The molecule has 1 N–H and O–H groups in total. The van der Waals surface area contributed by atoms with Crippen molar-refractivity contribution >= 4 is 11.6 Å². The lowest BCUT2D eigenvalue weighted by Gasteiger charge is -2.36. The minimum absolute atomic E-state index is 0.0132. The summed E-state index contributed by atoms with van der Waals surface area (Å²) in [7, 11) is 0. The molecule has 3 rings (SSSR count). The Balaban J connectivity index is 1.87. The van der Waals surface area contributed by atoms with Crippen molar-refractivity contribution in [2.45, 2.75) is 64.0 Å².